The van der Waals surface area contributed by atoms with E-state index in [4.69, 9.17) is 0 Å². The maximum absolute atomic E-state index is 11.8. The van der Waals surface area contributed by atoms with Crippen molar-refractivity contribution in [2.45, 2.75) is 6.92 Å². The van der Waals surface area contributed by atoms with Gasteiger partial charge in [-0.1, -0.05) is 0 Å². The molecule has 2 heterocycles. The van der Waals surface area contributed by atoms with Crippen LogP contribution in [0.5, 0.6) is 0 Å². The van der Waals surface area contributed by atoms with Crippen LogP contribution in [-0.4, -0.2) is 46.7 Å². The first-order chi connectivity index (χ1) is 9.74. The number of nitrogens with zero attached hydrogens (tertiary/aromatic N) is 7. The molecule has 20 heavy (non-hydrogen) atoms. The molecule has 10 heteroatoms. The third-order valence-electron chi connectivity index (χ3n) is 2.60. The van der Waals surface area contributed by atoms with Gasteiger partial charge in [0.15, 0.2) is 0 Å². The van der Waals surface area contributed by atoms with Gasteiger partial charge in [0.25, 0.3) is 11.7 Å². The molecule has 0 bridgehead atoms. The molecule has 0 fully saturated rings. The minimum atomic E-state index is -0.437. The fourth-order valence-corrected chi connectivity index (χ4v) is 1.71. The molecule has 0 aliphatic rings. The van der Waals surface area contributed by atoms with Crippen LogP contribution in [0, 0.1) is 6.92 Å². The molecule has 0 radical (unpaired) electrons. The Labute approximate surface area is 112 Å². The fourth-order valence-electron chi connectivity index (χ4n) is 1.71. The zero-order valence-electron chi connectivity index (χ0n) is 10.3. The average Bonchev–Trinajstić information content (AvgIpc) is 3.12. The molecule has 0 unspecified atom stereocenters. The first kappa shape index (κ1) is 11.9. The molecule has 100 valence electrons. The third-order valence-corrected chi connectivity index (χ3v) is 2.60. The van der Waals surface area contributed by atoms with Crippen LogP contribution in [0.1, 0.15) is 16.2 Å². The van der Waals surface area contributed by atoms with E-state index in [2.05, 4.69) is 41.5 Å². The monoisotopic (exact) mass is 271 g/mol. The van der Waals surface area contributed by atoms with Gasteiger partial charge in [0, 0.05) is 5.69 Å². The molecule has 3 rings (SSSR count). The summed E-state index contributed by atoms with van der Waals surface area (Å²) >= 11 is 0. The SMILES string of the molecule is Cc1cc(NC(=O)c2nn[nH]n2)ccc1-n1cnnn1. The van der Waals surface area contributed by atoms with Crippen LogP contribution in [0.3, 0.4) is 0 Å². The largest absolute Gasteiger partial charge is 0.319 e. The van der Waals surface area contributed by atoms with Gasteiger partial charge in [0.1, 0.15) is 6.33 Å². The summed E-state index contributed by atoms with van der Waals surface area (Å²) in [5.74, 6) is -0.458. The minimum Gasteiger partial charge on any atom is -0.319 e. The molecule has 2 N–H and O–H groups in total. The van der Waals surface area contributed by atoms with Crippen molar-refractivity contribution in [2.75, 3.05) is 5.32 Å². The summed E-state index contributed by atoms with van der Waals surface area (Å²) in [5.41, 5.74) is 2.35. The second kappa shape index (κ2) is 4.84. The number of anilines is 1. The molecule has 0 aliphatic heterocycles. The number of carbonyl (C=O) groups excluding carboxylic acids is 1. The maximum atomic E-state index is 11.8. The lowest BCUT2D eigenvalue weighted by Crippen LogP contribution is -2.14. The van der Waals surface area contributed by atoms with Crippen LogP contribution in [0.4, 0.5) is 5.69 Å². The summed E-state index contributed by atoms with van der Waals surface area (Å²) in [6.45, 7) is 1.89. The highest BCUT2D eigenvalue weighted by Gasteiger charge is 2.11. The van der Waals surface area contributed by atoms with E-state index in [0.29, 0.717) is 5.69 Å². The van der Waals surface area contributed by atoms with Gasteiger partial charge in [-0.25, -0.2) is 4.68 Å². The Morgan fingerprint density at radius 3 is 2.95 bits per heavy atom. The zero-order chi connectivity index (χ0) is 13.9. The van der Waals surface area contributed by atoms with Crippen molar-refractivity contribution >= 4 is 11.6 Å². The number of hydrogen-bond donors (Lipinski definition) is 2. The molecule has 0 spiro atoms. The summed E-state index contributed by atoms with van der Waals surface area (Å²) in [6.07, 6.45) is 1.50. The number of amides is 1. The second-order valence-corrected chi connectivity index (χ2v) is 3.95. The fraction of sp³-hybridized carbons (Fsp3) is 0.100. The van der Waals surface area contributed by atoms with Gasteiger partial charge >= 0.3 is 0 Å². The standard InChI is InChI=1S/C10H9N9O/c1-6-4-7(12-10(20)9-13-16-17-14-9)2-3-8(6)19-5-11-15-18-19/h2-5H,1H3,(H,12,20)(H,13,14,16,17). The van der Waals surface area contributed by atoms with Crippen LogP contribution in [0.15, 0.2) is 24.5 Å². The number of aryl methyl sites for hydroxylation is 1. The van der Waals surface area contributed by atoms with Gasteiger partial charge in [0.2, 0.25) is 0 Å². The van der Waals surface area contributed by atoms with E-state index in [-0.39, 0.29) is 5.82 Å². The lowest BCUT2D eigenvalue weighted by Gasteiger charge is -2.07. The molecule has 0 saturated carbocycles. The Morgan fingerprint density at radius 2 is 2.30 bits per heavy atom. The summed E-state index contributed by atoms with van der Waals surface area (Å²) in [5, 5.41) is 26.4. The zero-order valence-corrected chi connectivity index (χ0v) is 10.3. The number of nitrogens with one attached hydrogen (secondary N) is 2. The smallest absolute Gasteiger partial charge is 0.297 e. The van der Waals surface area contributed by atoms with Gasteiger partial charge in [-0.15, -0.1) is 15.3 Å². The van der Waals surface area contributed by atoms with Gasteiger partial charge < -0.3 is 5.32 Å². The molecular weight excluding hydrogens is 262 g/mol. The minimum absolute atomic E-state index is 0.0211. The van der Waals surface area contributed by atoms with Crippen LogP contribution in [0.2, 0.25) is 0 Å². The predicted octanol–water partition coefficient (Wildman–Crippen LogP) is -0.264. The van der Waals surface area contributed by atoms with Gasteiger partial charge in [-0.2, -0.15) is 5.21 Å². The van der Waals surface area contributed by atoms with Crippen molar-refractivity contribution in [3.8, 4) is 5.69 Å². The van der Waals surface area contributed by atoms with Gasteiger partial charge in [-0.3, -0.25) is 4.79 Å². The molecule has 1 amide bonds. The van der Waals surface area contributed by atoms with Crippen molar-refractivity contribution in [3.05, 3.63) is 35.9 Å². The van der Waals surface area contributed by atoms with Gasteiger partial charge in [-0.05, 0) is 46.3 Å². The van der Waals surface area contributed by atoms with E-state index < -0.39 is 5.91 Å². The van der Waals surface area contributed by atoms with Crippen molar-refractivity contribution in [3.63, 3.8) is 0 Å². The Hall–Kier alpha value is -3.17. The quantitative estimate of drug-likeness (QED) is 0.671. The highest BCUT2D eigenvalue weighted by Crippen LogP contribution is 2.18. The van der Waals surface area contributed by atoms with Crippen LogP contribution < -0.4 is 5.32 Å². The molecule has 2 aromatic heterocycles. The lowest BCUT2D eigenvalue weighted by atomic mass is 10.2. The molecule has 1 aromatic carbocycles. The van der Waals surface area contributed by atoms with Crippen molar-refractivity contribution in [1.82, 2.24) is 40.8 Å². The van der Waals surface area contributed by atoms with Crippen molar-refractivity contribution in [1.29, 1.82) is 0 Å². The molecule has 0 aliphatic carbocycles. The topological polar surface area (TPSA) is 127 Å². The number of aromatic nitrogens is 8. The lowest BCUT2D eigenvalue weighted by molar-refractivity contribution is 0.101. The molecule has 10 nitrogen and oxygen atoms in total. The summed E-state index contributed by atoms with van der Waals surface area (Å²) in [6, 6.07) is 5.34. The molecule has 0 atom stereocenters. The van der Waals surface area contributed by atoms with E-state index in [9.17, 15) is 4.79 Å². The van der Waals surface area contributed by atoms with Crippen LogP contribution >= 0.6 is 0 Å². The highest BCUT2D eigenvalue weighted by atomic mass is 16.2. The van der Waals surface area contributed by atoms with E-state index in [1.807, 2.05) is 6.92 Å². The summed E-state index contributed by atoms with van der Waals surface area (Å²) in [4.78, 5) is 11.8. The second-order valence-electron chi connectivity index (χ2n) is 3.95. The normalized spacial score (nSPS) is 10.4. The van der Waals surface area contributed by atoms with E-state index >= 15 is 0 Å². The Balaban J connectivity index is 1.82. The number of tetrazole rings is 2. The number of H-pyrrole nitrogens is 1. The average molecular weight is 271 g/mol. The Morgan fingerprint density at radius 1 is 1.40 bits per heavy atom. The number of carbonyl (C=O) groups is 1. The number of hydrogen-bond acceptors (Lipinski definition) is 7. The molecule has 3 aromatic rings. The summed E-state index contributed by atoms with van der Waals surface area (Å²) in [7, 11) is 0. The van der Waals surface area contributed by atoms with E-state index in [1.165, 1.54) is 6.33 Å². The van der Waals surface area contributed by atoms with E-state index in [1.54, 1.807) is 22.9 Å². The van der Waals surface area contributed by atoms with Crippen LogP contribution in [-0.2, 0) is 0 Å². The first-order valence-electron chi connectivity index (χ1n) is 5.63. The van der Waals surface area contributed by atoms with Crippen molar-refractivity contribution in [2.24, 2.45) is 0 Å². The maximum Gasteiger partial charge on any atom is 0.297 e. The number of aromatic amines is 1. The number of benzene rings is 1. The number of rotatable bonds is 3. The third kappa shape index (κ3) is 2.21. The summed E-state index contributed by atoms with van der Waals surface area (Å²) < 4.78 is 1.54. The van der Waals surface area contributed by atoms with Crippen LogP contribution in [0.25, 0.3) is 5.69 Å². The highest BCUT2D eigenvalue weighted by molar-refractivity contribution is 6.01. The first-order valence-corrected chi connectivity index (χ1v) is 5.63. The van der Waals surface area contributed by atoms with Gasteiger partial charge in [0.05, 0.1) is 5.69 Å². The molecular formula is C10H9N9O. The Kier molecular flexibility index (Phi) is 2.88. The van der Waals surface area contributed by atoms with Crippen molar-refractivity contribution < 1.29 is 4.79 Å². The molecule has 0 saturated heterocycles. The Bertz CT molecular complexity index is 719. The van der Waals surface area contributed by atoms with E-state index in [0.717, 1.165) is 11.3 Å². The predicted molar refractivity (Wildman–Crippen MR) is 66.0 cm³/mol.